The summed E-state index contributed by atoms with van der Waals surface area (Å²) in [5.74, 6) is -2.39. The topological polar surface area (TPSA) is 185 Å². The van der Waals surface area contributed by atoms with E-state index < -0.39 is 34.7 Å². The van der Waals surface area contributed by atoms with Crippen molar-refractivity contribution in [2.45, 2.75) is 0 Å². The predicted octanol–water partition coefficient (Wildman–Crippen LogP) is 5.46. The number of carbonyl (C=O) groups excluding carboxylic acids is 4. The van der Waals surface area contributed by atoms with Gasteiger partial charge in [-0.15, -0.1) is 0 Å². The Hall–Kier alpha value is -6.90. The third kappa shape index (κ3) is 6.42. The number of halogens is 2. The van der Waals surface area contributed by atoms with Crippen LogP contribution in [0, 0.1) is 0 Å². The Balaban J connectivity index is 1.06. The summed E-state index contributed by atoms with van der Waals surface area (Å²) in [4.78, 5) is 86.7. The van der Waals surface area contributed by atoms with E-state index in [1.165, 1.54) is 24.3 Å². The van der Waals surface area contributed by atoms with Crippen LogP contribution in [0.2, 0.25) is 10.0 Å². The molecule has 0 atom stereocenters. The number of amides is 4. The summed E-state index contributed by atoms with van der Waals surface area (Å²) in [6.07, 6.45) is 2.04. The fourth-order valence-corrected chi connectivity index (χ4v) is 5.76. The zero-order valence-electron chi connectivity index (χ0n) is 26.4. The molecular formula is C36H22Cl2N8O6. The van der Waals surface area contributed by atoms with Gasteiger partial charge in [0, 0.05) is 22.7 Å². The fraction of sp³-hybridized carbons (Fsp3) is 0. The highest BCUT2D eigenvalue weighted by Gasteiger charge is 2.25. The second-order valence-corrected chi connectivity index (χ2v) is 12.0. The van der Waals surface area contributed by atoms with E-state index in [1.54, 1.807) is 72.8 Å². The molecule has 0 aliphatic rings. The van der Waals surface area contributed by atoms with Gasteiger partial charge in [0.15, 0.2) is 11.4 Å². The lowest BCUT2D eigenvalue weighted by molar-refractivity contribution is 0.101. The van der Waals surface area contributed by atoms with Crippen molar-refractivity contribution in [1.29, 1.82) is 0 Å². The van der Waals surface area contributed by atoms with E-state index in [0.717, 1.165) is 21.5 Å². The summed E-state index contributed by atoms with van der Waals surface area (Å²) >= 11 is 12.2. The van der Waals surface area contributed by atoms with Crippen LogP contribution in [0.25, 0.3) is 11.0 Å². The van der Waals surface area contributed by atoms with Gasteiger partial charge in [-0.3, -0.25) is 37.6 Å². The third-order valence-electron chi connectivity index (χ3n) is 7.85. The van der Waals surface area contributed by atoms with Crippen LogP contribution in [0.3, 0.4) is 0 Å². The molecule has 4 aromatic carbocycles. The van der Waals surface area contributed by atoms with Gasteiger partial charge in [0.05, 0.1) is 21.2 Å². The third-order valence-corrected chi connectivity index (χ3v) is 8.51. The molecule has 3 aromatic heterocycles. The van der Waals surface area contributed by atoms with Gasteiger partial charge in [0.2, 0.25) is 0 Å². The van der Waals surface area contributed by atoms with Crippen molar-refractivity contribution in [3.05, 3.63) is 163 Å². The van der Waals surface area contributed by atoms with E-state index in [1.807, 2.05) is 0 Å². The number of hydrogen-bond donors (Lipinski definition) is 4. The minimum absolute atomic E-state index is 0.295. The Morgan fingerprint density at radius 2 is 0.769 bits per heavy atom. The lowest BCUT2D eigenvalue weighted by Gasteiger charge is -2.09. The molecule has 16 heteroatoms. The van der Waals surface area contributed by atoms with Crippen LogP contribution in [0.5, 0.6) is 0 Å². The van der Waals surface area contributed by atoms with Crippen LogP contribution in [-0.2, 0) is 0 Å². The van der Waals surface area contributed by atoms with E-state index >= 15 is 0 Å². The number of rotatable bonds is 8. The largest absolute Gasteiger partial charge is 0.322 e. The van der Waals surface area contributed by atoms with Gasteiger partial charge in [-0.2, -0.15) is 0 Å². The molecule has 7 aromatic rings. The van der Waals surface area contributed by atoms with Crippen molar-refractivity contribution in [2.24, 2.45) is 0 Å². The summed E-state index contributed by atoms with van der Waals surface area (Å²) in [5, 5.41) is 11.3. The maximum absolute atomic E-state index is 13.5. The Bertz CT molecular complexity index is 2490. The first-order chi connectivity index (χ1) is 25.1. The van der Waals surface area contributed by atoms with Crippen molar-refractivity contribution in [3.8, 4) is 0 Å². The zero-order valence-corrected chi connectivity index (χ0v) is 27.9. The Morgan fingerprint density at radius 3 is 1.10 bits per heavy atom. The van der Waals surface area contributed by atoms with E-state index in [9.17, 15) is 28.8 Å². The van der Waals surface area contributed by atoms with Crippen molar-refractivity contribution < 1.29 is 19.2 Å². The van der Waals surface area contributed by atoms with Gasteiger partial charge in [-0.1, -0.05) is 47.5 Å². The number of hydrogen-bond acceptors (Lipinski definition) is 8. The number of anilines is 4. The molecular weight excluding hydrogens is 711 g/mol. The van der Waals surface area contributed by atoms with E-state index in [4.69, 9.17) is 23.2 Å². The highest BCUT2D eigenvalue weighted by molar-refractivity contribution is 6.35. The highest BCUT2D eigenvalue weighted by Crippen LogP contribution is 2.21. The van der Waals surface area contributed by atoms with Crippen LogP contribution < -0.4 is 32.4 Å². The number of carbonyl (C=O) groups is 4. The SMILES string of the molecule is O=C(Nc1ccc(NC(=O)c2ncn3c(=O)c4c(C(=O)Nc5ccc(NC(=O)c6ccccc6Cl)cc5)ncn4c(=O)c23)cc1)c1ccccc1Cl. The van der Waals surface area contributed by atoms with Crippen molar-refractivity contribution in [3.63, 3.8) is 0 Å². The lowest BCUT2D eigenvalue weighted by Crippen LogP contribution is -2.28. The zero-order chi connectivity index (χ0) is 36.5. The summed E-state index contributed by atoms with van der Waals surface area (Å²) in [5.41, 5.74) is -0.827. The number of benzene rings is 4. The lowest BCUT2D eigenvalue weighted by atomic mass is 10.2. The molecule has 14 nitrogen and oxygen atoms in total. The molecule has 0 radical (unpaired) electrons. The molecule has 0 aliphatic carbocycles. The second kappa shape index (κ2) is 13.8. The average molecular weight is 734 g/mol. The standard InChI is InChI=1S/C36H22Cl2N8O6/c37-25-7-3-1-5-23(25)31(47)41-19-9-13-21(14-10-19)43-33(49)27-29-35(51)46-18-40-28(30(46)36(52)45(29)17-39-27)34(50)44-22-15-11-20(12-16-22)42-32(48)24-6-2-4-8-26(24)38/h1-18H,(H,41,47)(H,42,48)(H,43,49)(H,44,50). The number of nitrogens with zero attached hydrogens (tertiary/aromatic N) is 4. The maximum Gasteiger partial charge on any atom is 0.283 e. The van der Waals surface area contributed by atoms with E-state index in [0.29, 0.717) is 43.9 Å². The molecule has 256 valence electrons. The molecule has 4 amide bonds. The van der Waals surface area contributed by atoms with Gasteiger partial charge in [-0.05, 0) is 72.8 Å². The number of imidazole rings is 2. The Kier molecular flexibility index (Phi) is 8.90. The van der Waals surface area contributed by atoms with Gasteiger partial charge in [0.25, 0.3) is 34.7 Å². The molecule has 0 saturated carbocycles. The number of nitrogens with one attached hydrogen (secondary N) is 4. The first kappa shape index (κ1) is 33.6. The summed E-state index contributed by atoms with van der Waals surface area (Å²) in [7, 11) is 0. The van der Waals surface area contributed by atoms with Crippen LogP contribution in [0.1, 0.15) is 41.7 Å². The van der Waals surface area contributed by atoms with Crippen molar-refractivity contribution in [1.82, 2.24) is 18.8 Å². The molecule has 4 N–H and O–H groups in total. The van der Waals surface area contributed by atoms with Crippen molar-refractivity contribution >= 4 is 80.6 Å². The summed E-state index contributed by atoms with van der Waals surface area (Å²) in [6, 6.07) is 25.5. The van der Waals surface area contributed by atoms with Gasteiger partial charge in [-0.25, -0.2) is 9.97 Å². The first-order valence-electron chi connectivity index (χ1n) is 15.3. The molecule has 7 rings (SSSR count). The normalized spacial score (nSPS) is 11.0. The monoisotopic (exact) mass is 732 g/mol. The van der Waals surface area contributed by atoms with Gasteiger partial charge < -0.3 is 21.3 Å². The Labute approximate surface area is 302 Å². The number of fused-ring (bicyclic) bond motifs is 2. The molecule has 0 spiro atoms. The van der Waals surface area contributed by atoms with Crippen LogP contribution in [0.4, 0.5) is 22.7 Å². The molecule has 3 heterocycles. The molecule has 52 heavy (non-hydrogen) atoms. The molecule has 0 saturated heterocycles. The Morgan fingerprint density at radius 1 is 0.462 bits per heavy atom. The highest BCUT2D eigenvalue weighted by atomic mass is 35.5. The summed E-state index contributed by atoms with van der Waals surface area (Å²) < 4.78 is 1.77. The second-order valence-electron chi connectivity index (χ2n) is 11.2. The molecule has 0 bridgehead atoms. The average Bonchev–Trinajstić information content (AvgIpc) is 3.80. The van der Waals surface area contributed by atoms with E-state index in [2.05, 4.69) is 31.2 Å². The minimum atomic E-state index is -0.806. The van der Waals surface area contributed by atoms with Crippen LogP contribution in [0.15, 0.2) is 119 Å². The van der Waals surface area contributed by atoms with Crippen LogP contribution >= 0.6 is 23.2 Å². The van der Waals surface area contributed by atoms with Crippen molar-refractivity contribution in [2.75, 3.05) is 21.3 Å². The smallest absolute Gasteiger partial charge is 0.283 e. The van der Waals surface area contributed by atoms with E-state index in [-0.39, 0.29) is 22.4 Å². The molecule has 0 unspecified atom stereocenters. The minimum Gasteiger partial charge on any atom is -0.322 e. The van der Waals surface area contributed by atoms with Crippen LogP contribution in [-0.4, -0.2) is 42.4 Å². The fourth-order valence-electron chi connectivity index (χ4n) is 5.32. The molecule has 0 fully saturated rings. The quantitative estimate of drug-likeness (QED) is 0.159. The maximum atomic E-state index is 13.5. The van der Waals surface area contributed by atoms with Gasteiger partial charge in [0.1, 0.15) is 23.7 Å². The number of aromatic nitrogens is 4. The molecule has 0 aliphatic heterocycles. The predicted molar refractivity (Wildman–Crippen MR) is 195 cm³/mol. The van der Waals surface area contributed by atoms with Gasteiger partial charge >= 0.3 is 0 Å². The summed E-state index contributed by atoms with van der Waals surface area (Å²) in [6.45, 7) is 0. The first-order valence-corrected chi connectivity index (χ1v) is 16.0.